The molecule has 5 heteroatoms. The highest BCUT2D eigenvalue weighted by Gasteiger charge is 2.24. The second-order valence-electron chi connectivity index (χ2n) is 7.88. The number of rotatable bonds is 4. The minimum atomic E-state index is 0.0377. The van der Waals surface area contributed by atoms with Crippen LogP contribution in [-0.2, 0) is 0 Å². The number of hydrogen-bond acceptors (Lipinski definition) is 4. The van der Waals surface area contributed by atoms with E-state index in [2.05, 4.69) is 79.2 Å². The van der Waals surface area contributed by atoms with Gasteiger partial charge >= 0.3 is 0 Å². The minimum Gasteiger partial charge on any atom is -0.368 e. The molecule has 1 aromatic heterocycles. The number of amides is 1. The molecule has 0 aliphatic carbocycles. The van der Waals surface area contributed by atoms with Crippen LogP contribution in [0.15, 0.2) is 53.9 Å². The van der Waals surface area contributed by atoms with Gasteiger partial charge in [0.1, 0.15) is 10.7 Å². The lowest BCUT2D eigenvalue weighted by molar-refractivity contribution is 0.0742. The minimum absolute atomic E-state index is 0.0377. The number of thiazole rings is 1. The first-order valence-electron chi connectivity index (χ1n) is 10.2. The zero-order valence-electron chi connectivity index (χ0n) is 17.3. The highest BCUT2D eigenvalue weighted by molar-refractivity contribution is 7.13. The van der Waals surface area contributed by atoms with Crippen molar-refractivity contribution in [3.05, 3.63) is 70.7 Å². The van der Waals surface area contributed by atoms with Gasteiger partial charge in [0.05, 0.1) is 0 Å². The van der Waals surface area contributed by atoms with E-state index in [-0.39, 0.29) is 5.91 Å². The lowest BCUT2D eigenvalue weighted by Gasteiger charge is -2.36. The normalized spacial score (nSPS) is 14.5. The van der Waals surface area contributed by atoms with Crippen LogP contribution in [0.3, 0.4) is 0 Å². The first-order chi connectivity index (χ1) is 14.0. The Hall–Kier alpha value is -2.66. The van der Waals surface area contributed by atoms with E-state index in [9.17, 15) is 4.79 Å². The summed E-state index contributed by atoms with van der Waals surface area (Å²) in [5.41, 5.74) is 5.48. The van der Waals surface area contributed by atoms with Crippen molar-refractivity contribution in [1.82, 2.24) is 9.88 Å². The summed E-state index contributed by atoms with van der Waals surface area (Å²) in [4.78, 5) is 21.9. The quantitative estimate of drug-likeness (QED) is 0.598. The Balaban J connectivity index is 1.41. The molecule has 1 fully saturated rings. The molecule has 1 aliphatic heterocycles. The van der Waals surface area contributed by atoms with Gasteiger partial charge in [0.2, 0.25) is 0 Å². The molecule has 0 bridgehead atoms. The summed E-state index contributed by atoms with van der Waals surface area (Å²) in [7, 11) is 0. The molecule has 4 nitrogen and oxygen atoms in total. The van der Waals surface area contributed by atoms with Gasteiger partial charge in [-0.15, -0.1) is 11.3 Å². The molecule has 0 radical (unpaired) electrons. The van der Waals surface area contributed by atoms with Crippen LogP contribution in [0.25, 0.3) is 10.6 Å². The number of para-hydroxylation sites is 1. The van der Waals surface area contributed by atoms with Gasteiger partial charge in [-0.2, -0.15) is 0 Å². The fourth-order valence-corrected chi connectivity index (χ4v) is 4.55. The number of piperazine rings is 1. The summed E-state index contributed by atoms with van der Waals surface area (Å²) in [6.07, 6.45) is 0. The number of carbonyl (C=O) groups excluding carboxylic acids is 1. The predicted molar refractivity (Wildman–Crippen MR) is 121 cm³/mol. The van der Waals surface area contributed by atoms with Crippen LogP contribution in [-0.4, -0.2) is 42.0 Å². The zero-order valence-corrected chi connectivity index (χ0v) is 18.1. The fourth-order valence-electron chi connectivity index (χ4n) is 3.75. The van der Waals surface area contributed by atoms with Crippen LogP contribution in [0.2, 0.25) is 0 Å². The Bertz CT molecular complexity index is 985. The van der Waals surface area contributed by atoms with Crippen molar-refractivity contribution in [2.75, 3.05) is 31.1 Å². The molecule has 29 heavy (non-hydrogen) atoms. The van der Waals surface area contributed by atoms with Gasteiger partial charge in [-0.3, -0.25) is 4.79 Å². The molecule has 0 saturated carbocycles. The second-order valence-corrected chi connectivity index (χ2v) is 8.74. The number of benzene rings is 2. The summed E-state index contributed by atoms with van der Waals surface area (Å²) < 4.78 is 0. The van der Waals surface area contributed by atoms with Gasteiger partial charge in [0.15, 0.2) is 0 Å². The molecule has 0 atom stereocenters. The van der Waals surface area contributed by atoms with Crippen molar-refractivity contribution in [3.63, 3.8) is 0 Å². The highest BCUT2D eigenvalue weighted by atomic mass is 32.1. The van der Waals surface area contributed by atoms with Crippen molar-refractivity contribution in [2.24, 2.45) is 0 Å². The lowest BCUT2D eigenvalue weighted by atomic mass is 10.0. The van der Waals surface area contributed by atoms with E-state index in [0.717, 1.165) is 36.8 Å². The molecule has 4 rings (SSSR count). The molecule has 0 N–H and O–H groups in total. The molecule has 2 aromatic carbocycles. The second kappa shape index (κ2) is 8.37. The van der Waals surface area contributed by atoms with Crippen LogP contribution < -0.4 is 4.90 Å². The van der Waals surface area contributed by atoms with Crippen molar-refractivity contribution in [1.29, 1.82) is 0 Å². The molecule has 2 heterocycles. The van der Waals surface area contributed by atoms with E-state index in [1.54, 1.807) is 0 Å². The SMILES string of the molecule is Cc1ccccc1N1CCN(C(=O)c2csc(-c3ccc(C(C)C)cc3)n2)CC1. The van der Waals surface area contributed by atoms with Crippen LogP contribution in [0, 0.1) is 6.92 Å². The number of carbonyl (C=O) groups is 1. The van der Waals surface area contributed by atoms with E-state index in [4.69, 9.17) is 0 Å². The Morgan fingerprint density at radius 1 is 1.00 bits per heavy atom. The molecular weight excluding hydrogens is 378 g/mol. The molecule has 0 spiro atoms. The molecule has 0 unspecified atom stereocenters. The van der Waals surface area contributed by atoms with Crippen LogP contribution in [0.1, 0.15) is 41.4 Å². The summed E-state index contributed by atoms with van der Waals surface area (Å²) in [6.45, 7) is 9.67. The number of nitrogens with zero attached hydrogens (tertiary/aromatic N) is 3. The first-order valence-corrected chi connectivity index (χ1v) is 11.1. The van der Waals surface area contributed by atoms with Crippen molar-refractivity contribution in [2.45, 2.75) is 26.7 Å². The number of aromatic nitrogens is 1. The largest absolute Gasteiger partial charge is 0.368 e. The Labute approximate surface area is 176 Å². The number of aryl methyl sites for hydroxylation is 1. The Morgan fingerprint density at radius 3 is 2.34 bits per heavy atom. The zero-order chi connectivity index (χ0) is 20.4. The predicted octanol–water partition coefficient (Wildman–Crippen LogP) is 5.20. The average Bonchev–Trinajstić information content (AvgIpc) is 3.24. The van der Waals surface area contributed by atoms with Crippen LogP contribution in [0.4, 0.5) is 5.69 Å². The Kier molecular flexibility index (Phi) is 5.67. The lowest BCUT2D eigenvalue weighted by Crippen LogP contribution is -2.49. The van der Waals surface area contributed by atoms with E-state index in [1.165, 1.54) is 28.2 Å². The van der Waals surface area contributed by atoms with Gasteiger partial charge in [-0.1, -0.05) is 56.3 Å². The molecule has 1 aliphatic rings. The smallest absolute Gasteiger partial charge is 0.273 e. The summed E-state index contributed by atoms with van der Waals surface area (Å²) in [5, 5.41) is 2.80. The third-order valence-electron chi connectivity index (χ3n) is 5.57. The number of anilines is 1. The van der Waals surface area contributed by atoms with Gasteiger partial charge in [-0.05, 0) is 30.0 Å². The van der Waals surface area contributed by atoms with E-state index in [0.29, 0.717) is 11.6 Å². The van der Waals surface area contributed by atoms with E-state index < -0.39 is 0 Å². The molecule has 3 aromatic rings. The maximum absolute atomic E-state index is 12.9. The van der Waals surface area contributed by atoms with E-state index >= 15 is 0 Å². The van der Waals surface area contributed by atoms with Crippen molar-refractivity contribution < 1.29 is 4.79 Å². The third-order valence-corrected chi connectivity index (χ3v) is 6.46. The van der Waals surface area contributed by atoms with E-state index in [1.807, 2.05) is 10.3 Å². The topological polar surface area (TPSA) is 36.4 Å². The monoisotopic (exact) mass is 405 g/mol. The fraction of sp³-hybridized carbons (Fsp3) is 0.333. The molecule has 150 valence electrons. The van der Waals surface area contributed by atoms with Crippen molar-refractivity contribution in [3.8, 4) is 10.6 Å². The highest BCUT2D eigenvalue weighted by Crippen LogP contribution is 2.27. The summed E-state index contributed by atoms with van der Waals surface area (Å²) in [5.74, 6) is 0.548. The standard InChI is InChI=1S/C24H27N3OS/c1-17(2)19-8-10-20(11-9-19)23-25-21(16-29-23)24(28)27-14-12-26(13-15-27)22-7-5-4-6-18(22)3/h4-11,16-17H,12-15H2,1-3H3. The summed E-state index contributed by atoms with van der Waals surface area (Å²) in [6, 6.07) is 16.9. The maximum atomic E-state index is 12.9. The third kappa shape index (κ3) is 4.20. The van der Waals surface area contributed by atoms with Gasteiger partial charge in [-0.25, -0.2) is 4.98 Å². The van der Waals surface area contributed by atoms with Gasteiger partial charge in [0.25, 0.3) is 5.91 Å². The molecule has 1 amide bonds. The van der Waals surface area contributed by atoms with Crippen molar-refractivity contribution >= 4 is 22.9 Å². The maximum Gasteiger partial charge on any atom is 0.273 e. The van der Waals surface area contributed by atoms with Gasteiger partial charge < -0.3 is 9.80 Å². The number of hydrogen-bond donors (Lipinski definition) is 0. The average molecular weight is 406 g/mol. The van der Waals surface area contributed by atoms with Crippen LogP contribution in [0.5, 0.6) is 0 Å². The molecular formula is C24H27N3OS. The molecule has 1 saturated heterocycles. The summed E-state index contributed by atoms with van der Waals surface area (Å²) >= 11 is 1.54. The first kappa shape index (κ1) is 19.6. The van der Waals surface area contributed by atoms with Crippen LogP contribution >= 0.6 is 11.3 Å². The Morgan fingerprint density at radius 2 is 1.69 bits per heavy atom. The van der Waals surface area contributed by atoms with Gasteiger partial charge in [0, 0.05) is 42.8 Å².